The summed E-state index contributed by atoms with van der Waals surface area (Å²) in [6.45, 7) is 0.595. The van der Waals surface area contributed by atoms with E-state index in [4.69, 9.17) is 4.74 Å². The SMILES string of the molecule is COc1ccc(S(=O)(=O)N2CCC(C(=O)N=c3sc4cc(Br)ccc4n3C)CC2)cc1. The second-order valence-corrected chi connectivity index (χ2v) is 11.2. The number of carbonyl (C=O) groups is 1. The monoisotopic (exact) mass is 523 g/mol. The van der Waals surface area contributed by atoms with Gasteiger partial charge < -0.3 is 9.30 Å². The lowest BCUT2D eigenvalue weighted by Gasteiger charge is -2.29. The zero-order chi connectivity index (χ0) is 22.2. The number of amides is 1. The van der Waals surface area contributed by atoms with Crippen LogP contribution in [-0.4, -0.2) is 43.4 Å². The molecule has 4 rings (SSSR count). The summed E-state index contributed by atoms with van der Waals surface area (Å²) < 4.78 is 36.3. The van der Waals surface area contributed by atoms with Crippen molar-refractivity contribution >= 4 is 53.4 Å². The number of hydrogen-bond donors (Lipinski definition) is 0. The maximum Gasteiger partial charge on any atom is 0.251 e. The lowest BCUT2D eigenvalue weighted by atomic mass is 9.98. The Kier molecular flexibility index (Phi) is 6.34. The molecule has 0 aliphatic carbocycles. The Morgan fingerprint density at radius 3 is 2.48 bits per heavy atom. The number of nitrogens with zero attached hydrogens (tertiary/aromatic N) is 3. The highest BCUT2D eigenvalue weighted by molar-refractivity contribution is 9.10. The molecule has 31 heavy (non-hydrogen) atoms. The number of ether oxygens (including phenoxy) is 1. The van der Waals surface area contributed by atoms with Crippen LogP contribution in [0.5, 0.6) is 5.75 Å². The fourth-order valence-corrected chi connectivity index (χ4v) is 6.69. The summed E-state index contributed by atoms with van der Waals surface area (Å²) in [5.41, 5.74) is 1.01. The van der Waals surface area contributed by atoms with Crippen molar-refractivity contribution in [1.29, 1.82) is 0 Å². The predicted molar refractivity (Wildman–Crippen MR) is 124 cm³/mol. The summed E-state index contributed by atoms with van der Waals surface area (Å²) in [6.07, 6.45) is 0.912. The van der Waals surface area contributed by atoms with Crippen molar-refractivity contribution in [2.45, 2.75) is 17.7 Å². The molecule has 164 valence electrons. The molecular formula is C21H22BrN3O4S2. The van der Waals surface area contributed by atoms with Crippen LogP contribution in [0.4, 0.5) is 0 Å². The number of hydrogen-bond acceptors (Lipinski definition) is 5. The Labute approximate surface area is 193 Å². The molecule has 0 saturated carbocycles. The molecule has 0 radical (unpaired) electrons. The number of halogens is 1. The molecule has 0 bridgehead atoms. The number of piperidine rings is 1. The fourth-order valence-electron chi connectivity index (χ4n) is 3.64. The first-order chi connectivity index (χ1) is 14.8. The van der Waals surface area contributed by atoms with E-state index in [9.17, 15) is 13.2 Å². The van der Waals surface area contributed by atoms with Crippen LogP contribution in [0.15, 0.2) is 56.8 Å². The normalized spacial score (nSPS) is 16.7. The molecule has 0 atom stereocenters. The summed E-state index contributed by atoms with van der Waals surface area (Å²) in [5, 5.41) is 0. The first-order valence-electron chi connectivity index (χ1n) is 9.77. The average molecular weight is 524 g/mol. The van der Waals surface area contributed by atoms with Crippen molar-refractivity contribution in [2.75, 3.05) is 20.2 Å². The predicted octanol–water partition coefficient (Wildman–Crippen LogP) is 3.54. The Bertz CT molecular complexity index is 1290. The van der Waals surface area contributed by atoms with Crippen LogP contribution in [0, 0.1) is 5.92 Å². The van der Waals surface area contributed by atoms with E-state index in [-0.39, 0.29) is 16.7 Å². The molecule has 1 amide bonds. The van der Waals surface area contributed by atoms with Crippen molar-refractivity contribution in [3.63, 3.8) is 0 Å². The summed E-state index contributed by atoms with van der Waals surface area (Å²) in [6, 6.07) is 12.3. The van der Waals surface area contributed by atoms with Crippen LogP contribution in [0.3, 0.4) is 0 Å². The van der Waals surface area contributed by atoms with Gasteiger partial charge in [0.15, 0.2) is 4.80 Å². The molecule has 1 saturated heterocycles. The van der Waals surface area contributed by atoms with Gasteiger partial charge >= 0.3 is 0 Å². The number of aryl methyl sites for hydroxylation is 1. The standard InChI is InChI=1S/C21H22BrN3O4S2/c1-24-18-8-3-15(22)13-19(18)30-21(24)23-20(26)14-9-11-25(12-10-14)31(27,28)17-6-4-16(29-2)5-7-17/h3-8,13-14H,9-12H2,1-2H3. The number of thiazole rings is 1. The quantitative estimate of drug-likeness (QED) is 0.523. The van der Waals surface area contributed by atoms with Gasteiger partial charge in [-0.25, -0.2) is 8.42 Å². The van der Waals surface area contributed by atoms with Gasteiger partial charge in [0.25, 0.3) is 5.91 Å². The lowest BCUT2D eigenvalue weighted by molar-refractivity contribution is -0.122. The van der Waals surface area contributed by atoms with E-state index in [1.54, 1.807) is 24.3 Å². The molecule has 2 aromatic carbocycles. The number of benzene rings is 2. The minimum atomic E-state index is -3.59. The van der Waals surface area contributed by atoms with Gasteiger partial charge in [-0.1, -0.05) is 27.3 Å². The van der Waals surface area contributed by atoms with Gasteiger partial charge in [0.1, 0.15) is 5.75 Å². The molecule has 1 aliphatic heterocycles. The highest BCUT2D eigenvalue weighted by atomic mass is 79.9. The van der Waals surface area contributed by atoms with E-state index in [0.29, 0.717) is 36.5 Å². The highest BCUT2D eigenvalue weighted by Gasteiger charge is 2.32. The minimum Gasteiger partial charge on any atom is -0.497 e. The number of methoxy groups -OCH3 is 1. The van der Waals surface area contributed by atoms with E-state index in [1.165, 1.54) is 22.8 Å². The molecule has 10 heteroatoms. The smallest absolute Gasteiger partial charge is 0.251 e. The first-order valence-corrected chi connectivity index (χ1v) is 12.8. The molecule has 2 heterocycles. The van der Waals surface area contributed by atoms with Crippen molar-refractivity contribution < 1.29 is 17.9 Å². The maximum atomic E-state index is 12.9. The number of sulfonamides is 1. The van der Waals surface area contributed by atoms with Gasteiger partial charge in [-0.3, -0.25) is 4.79 Å². The van der Waals surface area contributed by atoms with Gasteiger partial charge in [-0.05, 0) is 55.3 Å². The molecular weight excluding hydrogens is 502 g/mol. The van der Waals surface area contributed by atoms with Crippen LogP contribution in [-0.2, 0) is 21.9 Å². The first kappa shape index (κ1) is 22.2. The van der Waals surface area contributed by atoms with Crippen LogP contribution in [0.2, 0.25) is 0 Å². The van der Waals surface area contributed by atoms with Crippen LogP contribution < -0.4 is 9.54 Å². The molecule has 1 aliphatic rings. The van der Waals surface area contributed by atoms with Gasteiger partial charge in [0.05, 0.1) is 22.2 Å². The Morgan fingerprint density at radius 2 is 1.84 bits per heavy atom. The summed E-state index contributed by atoms with van der Waals surface area (Å²) >= 11 is 4.93. The third-order valence-corrected chi connectivity index (χ3v) is 8.98. The Morgan fingerprint density at radius 1 is 1.16 bits per heavy atom. The van der Waals surface area contributed by atoms with E-state index in [1.807, 2.05) is 29.8 Å². The summed E-state index contributed by atoms with van der Waals surface area (Å²) in [7, 11) is -0.166. The maximum absolute atomic E-state index is 12.9. The molecule has 0 N–H and O–H groups in total. The van der Waals surface area contributed by atoms with Gasteiger partial charge in [0.2, 0.25) is 10.0 Å². The van der Waals surface area contributed by atoms with Crippen LogP contribution in [0.1, 0.15) is 12.8 Å². The third kappa shape index (κ3) is 4.48. The Hall–Kier alpha value is -2.01. The van der Waals surface area contributed by atoms with Crippen LogP contribution in [0.25, 0.3) is 10.2 Å². The minimum absolute atomic E-state index is 0.192. The second-order valence-electron chi connectivity index (χ2n) is 7.36. The number of rotatable bonds is 4. The summed E-state index contributed by atoms with van der Waals surface area (Å²) in [4.78, 5) is 18.0. The fraction of sp³-hybridized carbons (Fsp3) is 0.333. The average Bonchev–Trinajstić information content (AvgIpc) is 3.08. The lowest BCUT2D eigenvalue weighted by Crippen LogP contribution is -2.40. The third-order valence-electron chi connectivity index (χ3n) is 5.48. The van der Waals surface area contributed by atoms with Crippen molar-refractivity contribution in [1.82, 2.24) is 8.87 Å². The van der Waals surface area contributed by atoms with E-state index >= 15 is 0 Å². The van der Waals surface area contributed by atoms with E-state index in [2.05, 4.69) is 20.9 Å². The van der Waals surface area contributed by atoms with Crippen molar-refractivity contribution in [2.24, 2.45) is 18.0 Å². The Balaban J connectivity index is 1.47. The largest absolute Gasteiger partial charge is 0.497 e. The van der Waals surface area contributed by atoms with Gasteiger partial charge in [-0.15, -0.1) is 0 Å². The molecule has 7 nitrogen and oxygen atoms in total. The van der Waals surface area contributed by atoms with Crippen LogP contribution >= 0.6 is 27.3 Å². The molecule has 0 unspecified atom stereocenters. The molecule has 1 fully saturated rings. The number of fused-ring (bicyclic) bond motifs is 1. The topological polar surface area (TPSA) is 81.0 Å². The second kappa shape index (κ2) is 8.85. The number of aromatic nitrogens is 1. The van der Waals surface area contributed by atoms with Gasteiger partial charge in [0, 0.05) is 30.5 Å². The molecule has 0 spiro atoms. The molecule has 1 aromatic heterocycles. The zero-order valence-electron chi connectivity index (χ0n) is 17.1. The van der Waals surface area contributed by atoms with E-state index in [0.717, 1.165) is 14.7 Å². The molecule has 3 aromatic rings. The van der Waals surface area contributed by atoms with Gasteiger partial charge in [-0.2, -0.15) is 9.30 Å². The highest BCUT2D eigenvalue weighted by Crippen LogP contribution is 2.26. The number of carbonyl (C=O) groups excluding carboxylic acids is 1. The van der Waals surface area contributed by atoms with Crippen molar-refractivity contribution in [3.8, 4) is 5.75 Å². The van der Waals surface area contributed by atoms with Crippen molar-refractivity contribution in [3.05, 3.63) is 51.7 Å². The van der Waals surface area contributed by atoms with E-state index < -0.39 is 10.0 Å². The zero-order valence-corrected chi connectivity index (χ0v) is 20.3. The summed E-state index contributed by atoms with van der Waals surface area (Å²) in [5.74, 6) is 0.133.